The minimum absolute atomic E-state index is 0.00629. The third-order valence-corrected chi connectivity index (χ3v) is 4.02. The van der Waals surface area contributed by atoms with Crippen molar-refractivity contribution in [3.8, 4) is 0 Å². The van der Waals surface area contributed by atoms with Crippen molar-refractivity contribution in [2.24, 2.45) is 5.92 Å². The van der Waals surface area contributed by atoms with Gasteiger partial charge in [0.2, 0.25) is 5.43 Å². The van der Waals surface area contributed by atoms with Crippen LogP contribution >= 0.6 is 0 Å². The molecule has 0 saturated carbocycles. The van der Waals surface area contributed by atoms with Gasteiger partial charge in [-0.05, 0) is 24.8 Å². The third kappa shape index (κ3) is 5.81. The van der Waals surface area contributed by atoms with E-state index in [9.17, 15) is 14.4 Å². The lowest BCUT2D eigenvalue weighted by molar-refractivity contribution is 0.0951. The Hall–Kier alpha value is -2.89. The van der Waals surface area contributed by atoms with Crippen LogP contribution in [-0.2, 0) is 13.0 Å². The van der Waals surface area contributed by atoms with E-state index in [0.29, 0.717) is 32.0 Å². The van der Waals surface area contributed by atoms with E-state index in [1.807, 2.05) is 44.2 Å². The summed E-state index contributed by atoms with van der Waals surface area (Å²) in [6.45, 7) is 7.28. The van der Waals surface area contributed by atoms with Gasteiger partial charge in [0.15, 0.2) is 0 Å². The summed E-state index contributed by atoms with van der Waals surface area (Å²) in [7, 11) is 0. The number of nitrogens with zero attached hydrogens (tertiary/aromatic N) is 1. The molecule has 0 radical (unpaired) electrons. The number of hydrogen-bond acceptors (Lipinski definition) is 3. The lowest BCUT2D eigenvalue weighted by Crippen LogP contribution is -2.36. The van der Waals surface area contributed by atoms with Crippen LogP contribution < -0.4 is 16.1 Å². The van der Waals surface area contributed by atoms with Gasteiger partial charge in [-0.1, -0.05) is 44.2 Å². The first-order valence-corrected chi connectivity index (χ1v) is 9.26. The summed E-state index contributed by atoms with van der Waals surface area (Å²) in [5, 5.41) is 5.41. The molecule has 2 aromatic rings. The molecule has 0 saturated heterocycles. The third-order valence-electron chi connectivity index (χ3n) is 4.02. The zero-order valence-electron chi connectivity index (χ0n) is 16.1. The zero-order chi connectivity index (χ0) is 19.8. The first-order chi connectivity index (χ1) is 12.9. The fourth-order valence-corrected chi connectivity index (χ4v) is 2.80. The molecule has 0 aliphatic rings. The van der Waals surface area contributed by atoms with E-state index >= 15 is 0 Å². The van der Waals surface area contributed by atoms with E-state index in [2.05, 4.69) is 10.6 Å². The second-order valence-corrected chi connectivity index (χ2v) is 6.86. The fraction of sp³-hybridized carbons (Fsp3) is 0.381. The normalized spacial score (nSPS) is 10.7. The van der Waals surface area contributed by atoms with Crippen molar-refractivity contribution in [2.45, 2.75) is 33.7 Å². The Morgan fingerprint density at radius 1 is 1.00 bits per heavy atom. The highest BCUT2D eigenvalue weighted by molar-refractivity contribution is 5.99. The molecule has 1 aromatic heterocycles. The number of amides is 2. The van der Waals surface area contributed by atoms with Crippen molar-refractivity contribution in [3.05, 3.63) is 69.6 Å². The first kappa shape index (κ1) is 20.4. The molecule has 27 heavy (non-hydrogen) atoms. The Labute approximate surface area is 159 Å². The van der Waals surface area contributed by atoms with Crippen LogP contribution in [0.4, 0.5) is 0 Å². The van der Waals surface area contributed by atoms with Crippen molar-refractivity contribution in [3.63, 3.8) is 0 Å². The number of hydrogen-bond donors (Lipinski definition) is 2. The van der Waals surface area contributed by atoms with Gasteiger partial charge < -0.3 is 15.2 Å². The molecular weight excluding hydrogens is 342 g/mol. The van der Waals surface area contributed by atoms with Crippen LogP contribution in [-0.4, -0.2) is 29.5 Å². The molecule has 1 heterocycles. The van der Waals surface area contributed by atoms with Gasteiger partial charge in [0.25, 0.3) is 11.8 Å². The molecule has 2 amide bonds. The molecule has 2 rings (SSSR count). The lowest BCUT2D eigenvalue weighted by Gasteiger charge is -2.14. The minimum Gasteiger partial charge on any atom is -0.352 e. The van der Waals surface area contributed by atoms with Crippen molar-refractivity contribution in [2.75, 3.05) is 13.1 Å². The highest BCUT2D eigenvalue weighted by Gasteiger charge is 2.19. The summed E-state index contributed by atoms with van der Waals surface area (Å²) in [5.74, 6) is -0.609. The smallest absolute Gasteiger partial charge is 0.256 e. The highest BCUT2D eigenvalue weighted by atomic mass is 16.2. The Kier molecular flexibility index (Phi) is 7.34. The van der Waals surface area contributed by atoms with E-state index in [4.69, 9.17) is 0 Å². The predicted molar refractivity (Wildman–Crippen MR) is 106 cm³/mol. The summed E-state index contributed by atoms with van der Waals surface area (Å²) in [6.07, 6.45) is 3.72. The van der Waals surface area contributed by atoms with Crippen LogP contribution in [0.15, 0.2) is 47.5 Å². The molecule has 0 atom stereocenters. The maximum absolute atomic E-state index is 12.7. The molecule has 0 aliphatic carbocycles. The van der Waals surface area contributed by atoms with Crippen molar-refractivity contribution < 1.29 is 9.59 Å². The van der Waals surface area contributed by atoms with Gasteiger partial charge in [0.05, 0.1) is 0 Å². The zero-order valence-corrected chi connectivity index (χ0v) is 16.1. The van der Waals surface area contributed by atoms with E-state index in [1.165, 1.54) is 12.4 Å². The number of carbonyl (C=O) groups is 2. The average molecular weight is 369 g/mol. The Bertz CT molecular complexity index is 841. The summed E-state index contributed by atoms with van der Waals surface area (Å²) in [5.41, 5.74) is 0.546. The van der Waals surface area contributed by atoms with Crippen LogP contribution in [0.25, 0.3) is 0 Å². The number of benzene rings is 1. The topological polar surface area (TPSA) is 80.2 Å². The van der Waals surface area contributed by atoms with Crippen LogP contribution in [0.5, 0.6) is 0 Å². The largest absolute Gasteiger partial charge is 0.352 e. The number of rotatable bonds is 8. The van der Waals surface area contributed by atoms with E-state index in [0.717, 1.165) is 5.56 Å². The van der Waals surface area contributed by atoms with Gasteiger partial charge in [-0.2, -0.15) is 0 Å². The molecule has 0 aliphatic heterocycles. The molecule has 2 N–H and O–H groups in total. The molecular formula is C21H27N3O3. The Balaban J connectivity index is 2.22. The quantitative estimate of drug-likeness (QED) is 0.749. The van der Waals surface area contributed by atoms with E-state index in [-0.39, 0.29) is 11.1 Å². The van der Waals surface area contributed by atoms with Gasteiger partial charge in [0, 0.05) is 32.0 Å². The molecule has 0 bridgehead atoms. The van der Waals surface area contributed by atoms with Crippen molar-refractivity contribution in [1.29, 1.82) is 0 Å². The monoisotopic (exact) mass is 369 g/mol. The van der Waals surface area contributed by atoms with Crippen LogP contribution in [0.3, 0.4) is 0 Å². The second kappa shape index (κ2) is 9.71. The summed E-state index contributed by atoms with van der Waals surface area (Å²) in [6, 6.07) is 9.79. The number of carbonyl (C=O) groups excluding carboxylic acids is 2. The van der Waals surface area contributed by atoms with Crippen LogP contribution in [0, 0.1) is 5.92 Å². The average Bonchev–Trinajstić information content (AvgIpc) is 2.63. The van der Waals surface area contributed by atoms with Crippen molar-refractivity contribution >= 4 is 11.8 Å². The molecule has 6 nitrogen and oxygen atoms in total. The molecule has 0 spiro atoms. The Morgan fingerprint density at radius 2 is 1.59 bits per heavy atom. The number of aromatic nitrogens is 1. The maximum Gasteiger partial charge on any atom is 0.256 e. The molecule has 1 aromatic carbocycles. The van der Waals surface area contributed by atoms with Crippen molar-refractivity contribution in [1.82, 2.24) is 15.2 Å². The molecule has 6 heteroatoms. The Morgan fingerprint density at radius 3 is 2.15 bits per heavy atom. The standard InChI is InChI=1S/C21H27N3O3/c1-4-22-20(26)17-13-24(12-15(2)3)14-18(19(17)25)21(27)23-11-10-16-8-6-5-7-9-16/h5-9,13-15H,4,10-12H2,1-3H3,(H,22,26)(H,23,27). The van der Waals surface area contributed by atoms with Gasteiger partial charge in [-0.3, -0.25) is 14.4 Å². The minimum atomic E-state index is -0.543. The molecule has 144 valence electrons. The lowest BCUT2D eigenvalue weighted by atomic mass is 10.1. The SMILES string of the molecule is CCNC(=O)c1cn(CC(C)C)cc(C(=O)NCCc2ccccc2)c1=O. The van der Waals surface area contributed by atoms with Gasteiger partial charge in [-0.25, -0.2) is 0 Å². The van der Waals surface area contributed by atoms with E-state index < -0.39 is 17.2 Å². The summed E-state index contributed by atoms with van der Waals surface area (Å²) in [4.78, 5) is 37.5. The van der Waals surface area contributed by atoms with Crippen LogP contribution in [0.2, 0.25) is 0 Å². The predicted octanol–water partition coefficient (Wildman–Crippen LogP) is 2.23. The summed E-state index contributed by atoms with van der Waals surface area (Å²) >= 11 is 0. The van der Waals surface area contributed by atoms with Gasteiger partial charge in [-0.15, -0.1) is 0 Å². The number of nitrogens with one attached hydrogen (secondary N) is 2. The van der Waals surface area contributed by atoms with Gasteiger partial charge >= 0.3 is 0 Å². The highest BCUT2D eigenvalue weighted by Crippen LogP contribution is 2.05. The molecule has 0 fully saturated rings. The molecule has 0 unspecified atom stereocenters. The summed E-state index contributed by atoms with van der Waals surface area (Å²) < 4.78 is 1.74. The van der Waals surface area contributed by atoms with Gasteiger partial charge in [0.1, 0.15) is 11.1 Å². The second-order valence-electron chi connectivity index (χ2n) is 6.86. The maximum atomic E-state index is 12.7. The first-order valence-electron chi connectivity index (χ1n) is 9.26. The van der Waals surface area contributed by atoms with E-state index in [1.54, 1.807) is 11.5 Å². The van der Waals surface area contributed by atoms with Crippen LogP contribution in [0.1, 0.15) is 47.1 Å². The fourth-order valence-electron chi connectivity index (χ4n) is 2.80. The number of pyridine rings is 1.